The molecule has 0 heterocycles. The van der Waals surface area contributed by atoms with Crippen LogP contribution in [0.25, 0.3) is 0 Å². The molecule has 0 aliphatic heterocycles. The molecule has 2 nitrogen and oxygen atoms in total. The van der Waals surface area contributed by atoms with Gasteiger partial charge in [-0.15, -0.1) is 0 Å². The molecule has 2 atom stereocenters. The van der Waals surface area contributed by atoms with E-state index in [-0.39, 0.29) is 0 Å². The minimum atomic E-state index is 0.394. The minimum absolute atomic E-state index is 0.394. The summed E-state index contributed by atoms with van der Waals surface area (Å²) in [5, 5.41) is 3.80. The molecule has 3 rings (SSSR count). The van der Waals surface area contributed by atoms with Gasteiger partial charge in [0, 0.05) is 28.2 Å². The van der Waals surface area contributed by atoms with Crippen LogP contribution in [0.3, 0.4) is 0 Å². The molecular weight excluding hydrogens is 314 g/mol. The van der Waals surface area contributed by atoms with Crippen LogP contribution in [0.1, 0.15) is 44.6 Å². The van der Waals surface area contributed by atoms with Crippen molar-refractivity contribution in [3.63, 3.8) is 0 Å². The van der Waals surface area contributed by atoms with Gasteiger partial charge in [-0.3, -0.25) is 0 Å². The zero-order valence-corrected chi connectivity index (χ0v) is 14.0. The van der Waals surface area contributed by atoms with Gasteiger partial charge in [0.2, 0.25) is 0 Å². The van der Waals surface area contributed by atoms with Crippen molar-refractivity contribution in [2.75, 3.05) is 11.9 Å². The lowest BCUT2D eigenvalue weighted by Crippen LogP contribution is -2.60. The van der Waals surface area contributed by atoms with Crippen LogP contribution in [0, 0.1) is 12.3 Å². The average Bonchev–Trinajstić information content (AvgIpc) is 2.94. The van der Waals surface area contributed by atoms with Crippen molar-refractivity contribution in [2.24, 2.45) is 5.41 Å². The lowest BCUT2D eigenvalue weighted by molar-refractivity contribution is -0.114. The lowest BCUT2D eigenvalue weighted by atomic mass is 9.60. The van der Waals surface area contributed by atoms with Gasteiger partial charge in [0.05, 0.1) is 6.10 Å². The average molecular weight is 338 g/mol. The molecule has 2 aliphatic carbocycles. The van der Waals surface area contributed by atoms with Crippen molar-refractivity contribution in [3.05, 3.63) is 28.2 Å². The standard InChI is InChI=1S/C17H24BrNO/c1-3-20-16-11-15(17(16)8-4-5-9-17)19-14-10-13(18)7-6-12(14)2/h6-7,10,15-16,19H,3-5,8-9,11H2,1-2H3. The molecule has 3 heteroatoms. The summed E-state index contributed by atoms with van der Waals surface area (Å²) in [6.45, 7) is 5.13. The number of rotatable bonds is 4. The Hall–Kier alpha value is -0.540. The van der Waals surface area contributed by atoms with Gasteiger partial charge < -0.3 is 10.1 Å². The van der Waals surface area contributed by atoms with Crippen LogP contribution in [0.5, 0.6) is 0 Å². The second-order valence-corrected chi connectivity index (χ2v) is 7.19. The van der Waals surface area contributed by atoms with E-state index in [0.717, 1.165) is 17.5 Å². The van der Waals surface area contributed by atoms with Crippen LogP contribution in [0.2, 0.25) is 0 Å². The fraction of sp³-hybridized carbons (Fsp3) is 0.647. The number of ether oxygens (including phenoxy) is 1. The van der Waals surface area contributed by atoms with Crippen molar-refractivity contribution in [2.45, 2.75) is 58.1 Å². The number of anilines is 1. The summed E-state index contributed by atoms with van der Waals surface area (Å²) in [5.74, 6) is 0. The maximum Gasteiger partial charge on any atom is 0.0670 e. The Bertz CT molecular complexity index is 482. The molecule has 1 aromatic carbocycles. The second kappa shape index (κ2) is 5.69. The van der Waals surface area contributed by atoms with E-state index in [9.17, 15) is 0 Å². The summed E-state index contributed by atoms with van der Waals surface area (Å²) in [6.07, 6.45) is 6.99. The van der Waals surface area contributed by atoms with Crippen molar-refractivity contribution in [3.8, 4) is 0 Å². The van der Waals surface area contributed by atoms with Gasteiger partial charge in [0.15, 0.2) is 0 Å². The quantitative estimate of drug-likeness (QED) is 0.842. The van der Waals surface area contributed by atoms with E-state index >= 15 is 0 Å². The number of nitrogens with one attached hydrogen (secondary N) is 1. The predicted octanol–water partition coefficient (Wildman–Crippen LogP) is 4.91. The lowest BCUT2D eigenvalue weighted by Gasteiger charge is -2.54. The summed E-state index contributed by atoms with van der Waals surface area (Å²) >= 11 is 3.57. The van der Waals surface area contributed by atoms with Crippen molar-refractivity contribution >= 4 is 21.6 Å². The number of hydrogen-bond donors (Lipinski definition) is 1. The highest BCUT2D eigenvalue weighted by atomic mass is 79.9. The first kappa shape index (κ1) is 14.4. The second-order valence-electron chi connectivity index (χ2n) is 6.28. The summed E-state index contributed by atoms with van der Waals surface area (Å²) in [6, 6.07) is 7.06. The van der Waals surface area contributed by atoms with E-state index in [1.54, 1.807) is 0 Å². The molecule has 0 amide bonds. The Morgan fingerprint density at radius 2 is 2.10 bits per heavy atom. The Labute approximate surface area is 130 Å². The SMILES string of the molecule is CCOC1CC(Nc2cc(Br)ccc2C)C12CCCC2. The van der Waals surface area contributed by atoms with Crippen LogP contribution >= 0.6 is 15.9 Å². The van der Waals surface area contributed by atoms with Crippen molar-refractivity contribution in [1.29, 1.82) is 0 Å². The normalized spacial score (nSPS) is 27.6. The molecule has 2 fully saturated rings. The third kappa shape index (κ3) is 2.39. The molecule has 2 aliphatic rings. The zero-order valence-electron chi connectivity index (χ0n) is 12.4. The molecule has 0 saturated heterocycles. The fourth-order valence-corrected chi connectivity index (χ4v) is 4.39. The number of hydrogen-bond acceptors (Lipinski definition) is 2. The summed E-state index contributed by atoms with van der Waals surface area (Å²) < 4.78 is 7.13. The fourth-order valence-electron chi connectivity index (χ4n) is 4.03. The van der Waals surface area contributed by atoms with Crippen LogP contribution in [0.15, 0.2) is 22.7 Å². The van der Waals surface area contributed by atoms with Gasteiger partial charge in [0.25, 0.3) is 0 Å². The summed E-state index contributed by atoms with van der Waals surface area (Å²) in [5.41, 5.74) is 2.98. The Morgan fingerprint density at radius 3 is 2.80 bits per heavy atom. The van der Waals surface area contributed by atoms with Crippen molar-refractivity contribution in [1.82, 2.24) is 0 Å². The predicted molar refractivity (Wildman–Crippen MR) is 87.2 cm³/mol. The molecule has 1 aromatic rings. The van der Waals surface area contributed by atoms with E-state index < -0.39 is 0 Å². The number of aryl methyl sites for hydroxylation is 1. The highest BCUT2D eigenvalue weighted by Gasteiger charge is 2.56. The maximum absolute atomic E-state index is 5.99. The van der Waals surface area contributed by atoms with E-state index in [2.05, 4.69) is 53.3 Å². The van der Waals surface area contributed by atoms with Gasteiger partial charge in [-0.1, -0.05) is 34.8 Å². The molecule has 1 spiro atoms. The first-order valence-corrected chi connectivity index (χ1v) is 8.59. The first-order chi connectivity index (χ1) is 9.65. The third-order valence-electron chi connectivity index (χ3n) is 5.22. The largest absolute Gasteiger partial charge is 0.381 e. The van der Waals surface area contributed by atoms with E-state index in [4.69, 9.17) is 4.74 Å². The zero-order chi connectivity index (χ0) is 14.2. The van der Waals surface area contributed by atoms with Gasteiger partial charge >= 0.3 is 0 Å². The molecule has 0 radical (unpaired) electrons. The third-order valence-corrected chi connectivity index (χ3v) is 5.71. The molecule has 110 valence electrons. The van der Waals surface area contributed by atoms with Crippen molar-refractivity contribution < 1.29 is 4.74 Å². The molecule has 20 heavy (non-hydrogen) atoms. The van der Waals surface area contributed by atoms with E-state index in [1.807, 2.05) is 0 Å². The summed E-state index contributed by atoms with van der Waals surface area (Å²) in [7, 11) is 0. The Morgan fingerprint density at radius 1 is 1.35 bits per heavy atom. The van der Waals surface area contributed by atoms with E-state index in [1.165, 1.54) is 36.9 Å². The molecule has 0 aromatic heterocycles. The highest BCUT2D eigenvalue weighted by molar-refractivity contribution is 9.10. The molecule has 1 N–H and O–H groups in total. The van der Waals surface area contributed by atoms with Gasteiger partial charge in [-0.25, -0.2) is 0 Å². The molecular formula is C17H24BrNO. The van der Waals surface area contributed by atoms with Crippen LogP contribution in [0.4, 0.5) is 5.69 Å². The van der Waals surface area contributed by atoms with Crippen LogP contribution in [-0.2, 0) is 4.74 Å². The topological polar surface area (TPSA) is 21.3 Å². The maximum atomic E-state index is 5.99. The molecule has 2 unspecified atom stereocenters. The highest BCUT2D eigenvalue weighted by Crippen LogP contribution is 2.55. The summed E-state index contributed by atoms with van der Waals surface area (Å²) in [4.78, 5) is 0. The van der Waals surface area contributed by atoms with Gasteiger partial charge in [-0.05, 0) is 50.8 Å². The Kier molecular flexibility index (Phi) is 4.09. The van der Waals surface area contributed by atoms with Gasteiger partial charge in [0.1, 0.15) is 0 Å². The van der Waals surface area contributed by atoms with Crippen LogP contribution < -0.4 is 5.32 Å². The monoisotopic (exact) mass is 337 g/mol. The Balaban J connectivity index is 1.76. The number of halogens is 1. The number of benzene rings is 1. The molecule has 0 bridgehead atoms. The first-order valence-electron chi connectivity index (χ1n) is 7.80. The molecule has 2 saturated carbocycles. The van der Waals surface area contributed by atoms with E-state index in [0.29, 0.717) is 17.6 Å². The smallest absolute Gasteiger partial charge is 0.0670 e. The van der Waals surface area contributed by atoms with Crippen LogP contribution in [-0.4, -0.2) is 18.8 Å². The minimum Gasteiger partial charge on any atom is -0.381 e. The van der Waals surface area contributed by atoms with Gasteiger partial charge in [-0.2, -0.15) is 0 Å².